The third kappa shape index (κ3) is 7.16. The Kier molecular flexibility index (Phi) is 8.71. The van der Waals surface area contributed by atoms with Gasteiger partial charge in [-0.15, -0.1) is 11.8 Å². The molecule has 0 heterocycles. The number of benzene rings is 2. The van der Waals surface area contributed by atoms with Gasteiger partial charge in [0.15, 0.2) is 0 Å². The fraction of sp³-hybridized carbons (Fsp3) is 0.364. The third-order valence-electron chi connectivity index (χ3n) is 4.42. The Morgan fingerprint density at radius 1 is 1.10 bits per heavy atom. The van der Waals surface area contributed by atoms with E-state index in [4.69, 9.17) is 0 Å². The second kappa shape index (κ2) is 10.8. The molecule has 0 aliphatic heterocycles. The molecule has 0 saturated heterocycles. The molecular formula is C22H26BrFN2O2S. The molecule has 0 aliphatic rings. The highest BCUT2D eigenvalue weighted by atomic mass is 79.9. The van der Waals surface area contributed by atoms with Crippen molar-refractivity contribution in [3.8, 4) is 0 Å². The van der Waals surface area contributed by atoms with Crippen molar-refractivity contribution < 1.29 is 14.0 Å². The van der Waals surface area contributed by atoms with Gasteiger partial charge >= 0.3 is 0 Å². The number of thioether (sulfide) groups is 1. The van der Waals surface area contributed by atoms with E-state index in [1.165, 1.54) is 29.5 Å². The molecule has 2 amide bonds. The van der Waals surface area contributed by atoms with Crippen LogP contribution in [-0.2, 0) is 9.59 Å². The Bertz CT molecular complexity index is 881. The quantitative estimate of drug-likeness (QED) is 0.456. The third-order valence-corrected chi connectivity index (χ3v) is 6.15. The van der Waals surface area contributed by atoms with Crippen LogP contribution in [0.1, 0.15) is 36.5 Å². The van der Waals surface area contributed by atoms with Crippen LogP contribution in [0.25, 0.3) is 0 Å². The van der Waals surface area contributed by atoms with E-state index in [-0.39, 0.29) is 22.8 Å². The monoisotopic (exact) mass is 480 g/mol. The molecule has 0 aromatic heterocycles. The number of aryl methyl sites for hydroxylation is 3. The van der Waals surface area contributed by atoms with Crippen LogP contribution in [0, 0.1) is 26.6 Å². The molecule has 156 valence electrons. The molecule has 2 N–H and O–H groups in total. The molecule has 1 atom stereocenters. The standard InChI is InChI=1S/C22H26BrFN2O2S/c1-13-10-14(2)21(15(3)11-13)26-20(27)6-5-9-29-16(4)22(28)25-19-8-7-17(23)12-18(19)24/h7-8,10-12,16H,5-6,9H2,1-4H3,(H,25,28)(H,26,27). The number of carbonyl (C=O) groups excluding carboxylic acids is 2. The van der Waals surface area contributed by atoms with E-state index in [9.17, 15) is 14.0 Å². The number of anilines is 2. The largest absolute Gasteiger partial charge is 0.326 e. The van der Waals surface area contributed by atoms with E-state index in [1.54, 1.807) is 13.0 Å². The van der Waals surface area contributed by atoms with Crippen molar-refractivity contribution in [1.82, 2.24) is 0 Å². The normalized spacial score (nSPS) is 11.8. The van der Waals surface area contributed by atoms with Crippen LogP contribution in [0.2, 0.25) is 0 Å². The summed E-state index contributed by atoms with van der Waals surface area (Å²) in [7, 11) is 0. The molecular weight excluding hydrogens is 455 g/mol. The van der Waals surface area contributed by atoms with Crippen LogP contribution in [0.15, 0.2) is 34.8 Å². The maximum Gasteiger partial charge on any atom is 0.237 e. The van der Waals surface area contributed by atoms with Crippen LogP contribution in [0.3, 0.4) is 0 Å². The number of amides is 2. The van der Waals surface area contributed by atoms with Crippen LogP contribution in [-0.4, -0.2) is 22.8 Å². The number of hydrogen-bond donors (Lipinski definition) is 2. The van der Waals surface area contributed by atoms with Gasteiger partial charge in [-0.2, -0.15) is 0 Å². The van der Waals surface area contributed by atoms with Crippen LogP contribution >= 0.6 is 27.7 Å². The van der Waals surface area contributed by atoms with Gasteiger partial charge in [0.1, 0.15) is 5.82 Å². The van der Waals surface area contributed by atoms with E-state index in [1.807, 2.05) is 32.9 Å². The molecule has 0 bridgehead atoms. The number of nitrogens with one attached hydrogen (secondary N) is 2. The second-order valence-corrected chi connectivity index (χ2v) is 9.42. The first-order chi connectivity index (χ1) is 13.7. The molecule has 29 heavy (non-hydrogen) atoms. The minimum Gasteiger partial charge on any atom is -0.326 e. The number of rotatable bonds is 8. The molecule has 4 nitrogen and oxygen atoms in total. The van der Waals surface area contributed by atoms with Crippen molar-refractivity contribution >= 4 is 50.9 Å². The van der Waals surface area contributed by atoms with Crippen LogP contribution in [0.5, 0.6) is 0 Å². The first-order valence-corrected chi connectivity index (χ1v) is 11.3. The zero-order chi connectivity index (χ0) is 21.6. The fourth-order valence-corrected chi connectivity index (χ4v) is 4.18. The van der Waals surface area contributed by atoms with Crippen molar-refractivity contribution in [3.05, 3.63) is 57.3 Å². The molecule has 1 unspecified atom stereocenters. The summed E-state index contributed by atoms with van der Waals surface area (Å²) in [6.45, 7) is 7.78. The van der Waals surface area contributed by atoms with Crippen LogP contribution < -0.4 is 10.6 Å². The van der Waals surface area contributed by atoms with Crippen molar-refractivity contribution in [3.63, 3.8) is 0 Å². The van der Waals surface area contributed by atoms with E-state index in [0.29, 0.717) is 23.1 Å². The molecule has 0 radical (unpaired) electrons. The Balaban J connectivity index is 1.75. The topological polar surface area (TPSA) is 58.2 Å². The lowest BCUT2D eigenvalue weighted by atomic mass is 10.0. The zero-order valence-corrected chi connectivity index (χ0v) is 19.5. The first kappa shape index (κ1) is 23.4. The summed E-state index contributed by atoms with van der Waals surface area (Å²) in [4.78, 5) is 24.5. The second-order valence-electron chi connectivity index (χ2n) is 7.05. The summed E-state index contributed by atoms with van der Waals surface area (Å²) in [5, 5.41) is 5.24. The lowest BCUT2D eigenvalue weighted by Crippen LogP contribution is -2.23. The highest BCUT2D eigenvalue weighted by Crippen LogP contribution is 2.23. The molecule has 2 aromatic rings. The van der Waals surface area contributed by atoms with Gasteiger partial charge < -0.3 is 10.6 Å². The lowest BCUT2D eigenvalue weighted by molar-refractivity contribution is -0.116. The average molecular weight is 481 g/mol. The summed E-state index contributed by atoms with van der Waals surface area (Å²) in [6.07, 6.45) is 1.04. The minimum atomic E-state index is -0.483. The average Bonchev–Trinajstić information content (AvgIpc) is 2.63. The lowest BCUT2D eigenvalue weighted by Gasteiger charge is -2.14. The van der Waals surface area contributed by atoms with Gasteiger partial charge in [-0.05, 0) is 69.2 Å². The summed E-state index contributed by atoms with van der Waals surface area (Å²) in [5.74, 6) is -0.110. The van der Waals surface area contributed by atoms with E-state index in [2.05, 4.69) is 26.6 Å². The van der Waals surface area contributed by atoms with Crippen molar-refractivity contribution in [2.45, 2.75) is 45.8 Å². The maximum atomic E-state index is 13.8. The fourth-order valence-electron chi connectivity index (χ4n) is 2.97. The molecule has 0 aliphatic carbocycles. The predicted molar refractivity (Wildman–Crippen MR) is 123 cm³/mol. The van der Waals surface area contributed by atoms with Crippen molar-refractivity contribution in [2.24, 2.45) is 0 Å². The van der Waals surface area contributed by atoms with Gasteiger partial charge in [0.05, 0.1) is 10.9 Å². The van der Waals surface area contributed by atoms with Crippen LogP contribution in [0.4, 0.5) is 15.8 Å². The van der Waals surface area contributed by atoms with E-state index >= 15 is 0 Å². The molecule has 0 spiro atoms. The smallest absolute Gasteiger partial charge is 0.237 e. The van der Waals surface area contributed by atoms with E-state index in [0.717, 1.165) is 16.8 Å². The number of halogens is 2. The van der Waals surface area contributed by atoms with Gasteiger partial charge in [0.25, 0.3) is 0 Å². The summed E-state index contributed by atoms with van der Waals surface area (Å²) < 4.78 is 14.4. The van der Waals surface area contributed by atoms with Crippen molar-refractivity contribution in [1.29, 1.82) is 0 Å². The highest BCUT2D eigenvalue weighted by Gasteiger charge is 2.16. The maximum absolute atomic E-state index is 13.8. The Hall–Kier alpha value is -1.86. The summed E-state index contributed by atoms with van der Waals surface area (Å²) >= 11 is 4.63. The van der Waals surface area contributed by atoms with Gasteiger partial charge in [-0.1, -0.05) is 33.6 Å². The van der Waals surface area contributed by atoms with Gasteiger partial charge in [-0.3, -0.25) is 9.59 Å². The van der Waals surface area contributed by atoms with Gasteiger partial charge in [-0.25, -0.2) is 4.39 Å². The Labute approximate surface area is 184 Å². The molecule has 0 fully saturated rings. The number of carbonyl (C=O) groups is 2. The highest BCUT2D eigenvalue weighted by molar-refractivity contribution is 9.10. The summed E-state index contributed by atoms with van der Waals surface area (Å²) in [6, 6.07) is 8.60. The Morgan fingerprint density at radius 3 is 2.38 bits per heavy atom. The van der Waals surface area contributed by atoms with Gasteiger partial charge in [0.2, 0.25) is 11.8 Å². The van der Waals surface area contributed by atoms with Crippen molar-refractivity contribution in [2.75, 3.05) is 16.4 Å². The van der Waals surface area contributed by atoms with Gasteiger partial charge in [0, 0.05) is 16.6 Å². The van der Waals surface area contributed by atoms with E-state index < -0.39 is 5.82 Å². The summed E-state index contributed by atoms with van der Waals surface area (Å²) in [5.41, 5.74) is 4.31. The minimum absolute atomic E-state index is 0.0327. The zero-order valence-electron chi connectivity index (χ0n) is 17.1. The molecule has 2 rings (SSSR count). The molecule has 7 heteroatoms. The molecule has 0 saturated carbocycles. The molecule has 2 aromatic carbocycles. The Morgan fingerprint density at radius 2 is 1.76 bits per heavy atom. The predicted octanol–water partition coefficient (Wildman–Crippen LogP) is 5.99. The number of hydrogen-bond acceptors (Lipinski definition) is 3. The first-order valence-electron chi connectivity index (χ1n) is 9.42. The SMILES string of the molecule is Cc1cc(C)c(NC(=O)CCCSC(C)C(=O)Nc2ccc(Br)cc2F)c(C)c1.